The van der Waals surface area contributed by atoms with E-state index in [1.165, 1.54) is 18.3 Å². The van der Waals surface area contributed by atoms with E-state index in [9.17, 15) is 8.42 Å². The Morgan fingerprint density at radius 2 is 1.76 bits per heavy atom. The van der Waals surface area contributed by atoms with Crippen molar-refractivity contribution < 1.29 is 12.8 Å². The van der Waals surface area contributed by atoms with Crippen molar-refractivity contribution in [2.45, 2.75) is 4.90 Å². The first kappa shape index (κ1) is 17.5. The molecule has 8 heteroatoms. The Hall–Kier alpha value is -2.28. The first-order valence-corrected chi connectivity index (χ1v) is 9.35. The molecule has 0 fully saturated rings. The van der Waals surface area contributed by atoms with Gasteiger partial charge in [-0.15, -0.1) is 0 Å². The van der Waals surface area contributed by atoms with Crippen molar-refractivity contribution in [3.8, 4) is 11.3 Å². The number of benzene rings is 2. The number of sulfonamides is 1. The third-order valence-electron chi connectivity index (χ3n) is 3.24. The van der Waals surface area contributed by atoms with Crippen LogP contribution in [0.1, 0.15) is 5.76 Å². The van der Waals surface area contributed by atoms with Crippen molar-refractivity contribution in [1.29, 1.82) is 0 Å². The van der Waals surface area contributed by atoms with Crippen LogP contribution in [0, 0.1) is 0 Å². The lowest BCUT2D eigenvalue weighted by atomic mass is 10.2. The molecular formula is C17H12Cl2N2O3S. The average Bonchev–Trinajstić information content (AvgIpc) is 3.04. The zero-order valence-electron chi connectivity index (χ0n) is 12.7. The van der Waals surface area contributed by atoms with Crippen LogP contribution < -0.4 is 4.83 Å². The first-order chi connectivity index (χ1) is 12.0. The van der Waals surface area contributed by atoms with Gasteiger partial charge in [-0.2, -0.15) is 18.4 Å². The van der Waals surface area contributed by atoms with Crippen LogP contribution in [0.4, 0.5) is 0 Å². The number of furan rings is 1. The van der Waals surface area contributed by atoms with Crippen molar-refractivity contribution in [2.75, 3.05) is 0 Å². The van der Waals surface area contributed by atoms with Gasteiger partial charge in [0.25, 0.3) is 10.0 Å². The molecule has 128 valence electrons. The number of hydrogen-bond donors (Lipinski definition) is 1. The molecule has 5 nitrogen and oxygen atoms in total. The highest BCUT2D eigenvalue weighted by atomic mass is 35.5. The van der Waals surface area contributed by atoms with Crippen molar-refractivity contribution in [2.24, 2.45) is 5.10 Å². The summed E-state index contributed by atoms with van der Waals surface area (Å²) in [5, 5.41) is 4.70. The SMILES string of the molecule is O=S(=O)(N/N=C\c1ccc(-c2ccc(Cl)cc2Cl)o1)c1ccccc1. The lowest BCUT2D eigenvalue weighted by molar-refractivity contribution is 0.573. The van der Waals surface area contributed by atoms with E-state index in [0.29, 0.717) is 27.1 Å². The predicted octanol–water partition coefficient (Wildman–Crippen LogP) is 4.57. The molecule has 0 saturated carbocycles. The van der Waals surface area contributed by atoms with Crippen LogP contribution in [-0.4, -0.2) is 14.6 Å². The monoisotopic (exact) mass is 394 g/mol. The Morgan fingerprint density at radius 3 is 2.48 bits per heavy atom. The Balaban J connectivity index is 1.74. The fourth-order valence-corrected chi connectivity index (χ4v) is 3.38. The maximum Gasteiger partial charge on any atom is 0.276 e. The highest BCUT2D eigenvalue weighted by Gasteiger charge is 2.12. The van der Waals surface area contributed by atoms with Gasteiger partial charge in [-0.3, -0.25) is 0 Å². The smallest absolute Gasteiger partial charge is 0.276 e. The standard InChI is InChI=1S/C17H12Cl2N2O3S/c18-12-6-8-15(16(19)10-12)17-9-7-13(24-17)11-20-21-25(22,23)14-4-2-1-3-5-14/h1-11,21H/b20-11-. The van der Waals surface area contributed by atoms with E-state index in [2.05, 4.69) is 9.93 Å². The molecule has 0 radical (unpaired) electrons. The maximum atomic E-state index is 12.0. The summed E-state index contributed by atoms with van der Waals surface area (Å²) in [6, 6.07) is 16.4. The summed E-state index contributed by atoms with van der Waals surface area (Å²) < 4.78 is 29.7. The molecule has 0 atom stereocenters. The Morgan fingerprint density at radius 1 is 1.00 bits per heavy atom. The topological polar surface area (TPSA) is 71.7 Å². The Kier molecular flexibility index (Phi) is 5.13. The average molecular weight is 395 g/mol. The fourth-order valence-electron chi connectivity index (χ4n) is 2.07. The summed E-state index contributed by atoms with van der Waals surface area (Å²) >= 11 is 12.0. The molecular weight excluding hydrogens is 383 g/mol. The van der Waals surface area contributed by atoms with Gasteiger partial charge in [0.2, 0.25) is 0 Å². The zero-order valence-corrected chi connectivity index (χ0v) is 15.0. The van der Waals surface area contributed by atoms with Gasteiger partial charge >= 0.3 is 0 Å². The van der Waals surface area contributed by atoms with Gasteiger partial charge in [-0.1, -0.05) is 41.4 Å². The molecule has 3 rings (SSSR count). The number of hydrogen-bond acceptors (Lipinski definition) is 4. The number of rotatable bonds is 5. The zero-order chi connectivity index (χ0) is 17.9. The quantitative estimate of drug-likeness (QED) is 0.508. The first-order valence-electron chi connectivity index (χ1n) is 7.11. The molecule has 0 bridgehead atoms. The third-order valence-corrected chi connectivity index (χ3v) is 5.03. The van der Waals surface area contributed by atoms with Crippen LogP contribution in [0.25, 0.3) is 11.3 Å². The highest BCUT2D eigenvalue weighted by molar-refractivity contribution is 7.89. The van der Waals surface area contributed by atoms with Crippen LogP contribution in [0.3, 0.4) is 0 Å². The van der Waals surface area contributed by atoms with Gasteiger partial charge in [-0.25, -0.2) is 0 Å². The van der Waals surface area contributed by atoms with E-state index in [1.54, 1.807) is 48.5 Å². The summed E-state index contributed by atoms with van der Waals surface area (Å²) in [7, 11) is -3.71. The lowest BCUT2D eigenvalue weighted by Crippen LogP contribution is -2.18. The molecule has 0 aliphatic carbocycles. The van der Waals surface area contributed by atoms with Crippen LogP contribution in [0.15, 0.2) is 75.1 Å². The van der Waals surface area contributed by atoms with E-state index in [0.717, 1.165) is 0 Å². The molecule has 0 spiro atoms. The molecule has 0 saturated heterocycles. The molecule has 0 unspecified atom stereocenters. The van der Waals surface area contributed by atoms with Crippen molar-refractivity contribution >= 4 is 39.4 Å². The summed E-state index contributed by atoms with van der Waals surface area (Å²) in [6.45, 7) is 0. The van der Waals surface area contributed by atoms with Crippen molar-refractivity contribution in [3.05, 3.63) is 76.5 Å². The largest absolute Gasteiger partial charge is 0.455 e. The lowest BCUT2D eigenvalue weighted by Gasteiger charge is -2.02. The minimum Gasteiger partial charge on any atom is -0.455 e. The Bertz CT molecular complexity index is 1020. The van der Waals surface area contributed by atoms with E-state index in [-0.39, 0.29) is 4.90 Å². The van der Waals surface area contributed by atoms with Gasteiger partial charge < -0.3 is 4.42 Å². The van der Waals surface area contributed by atoms with Gasteiger partial charge in [0, 0.05) is 10.6 Å². The molecule has 1 N–H and O–H groups in total. The highest BCUT2D eigenvalue weighted by Crippen LogP contribution is 2.31. The molecule has 3 aromatic rings. The second-order valence-electron chi connectivity index (χ2n) is 4.99. The molecule has 1 aromatic heterocycles. The number of hydrazone groups is 1. The summed E-state index contributed by atoms with van der Waals surface area (Å²) in [5.41, 5.74) is 0.676. The van der Waals surface area contributed by atoms with Crippen molar-refractivity contribution in [1.82, 2.24) is 4.83 Å². The molecule has 0 aliphatic rings. The molecule has 1 heterocycles. The number of nitrogens with zero attached hydrogens (tertiary/aromatic N) is 1. The third kappa shape index (κ3) is 4.22. The van der Waals surface area contributed by atoms with Crippen LogP contribution >= 0.6 is 23.2 Å². The van der Waals surface area contributed by atoms with E-state index < -0.39 is 10.0 Å². The van der Waals surface area contributed by atoms with Crippen LogP contribution in [0.2, 0.25) is 10.0 Å². The molecule has 25 heavy (non-hydrogen) atoms. The molecule has 2 aromatic carbocycles. The molecule has 0 aliphatic heterocycles. The van der Waals surface area contributed by atoms with E-state index in [4.69, 9.17) is 27.6 Å². The minimum atomic E-state index is -3.71. The summed E-state index contributed by atoms with van der Waals surface area (Å²) in [4.78, 5) is 2.26. The predicted molar refractivity (Wildman–Crippen MR) is 98.5 cm³/mol. The normalized spacial score (nSPS) is 11.8. The minimum absolute atomic E-state index is 0.125. The molecule has 0 amide bonds. The van der Waals surface area contributed by atoms with Crippen LogP contribution in [0.5, 0.6) is 0 Å². The second-order valence-corrected chi connectivity index (χ2v) is 7.50. The van der Waals surface area contributed by atoms with Gasteiger partial charge in [0.1, 0.15) is 11.5 Å². The second kappa shape index (κ2) is 7.31. The van der Waals surface area contributed by atoms with E-state index >= 15 is 0 Å². The maximum absolute atomic E-state index is 12.0. The van der Waals surface area contributed by atoms with Gasteiger partial charge in [0.15, 0.2) is 0 Å². The van der Waals surface area contributed by atoms with E-state index in [1.807, 2.05) is 0 Å². The number of halogens is 2. The summed E-state index contributed by atoms with van der Waals surface area (Å²) in [6.07, 6.45) is 1.27. The number of nitrogens with one attached hydrogen (secondary N) is 1. The van der Waals surface area contributed by atoms with Gasteiger partial charge in [-0.05, 0) is 42.5 Å². The fraction of sp³-hybridized carbons (Fsp3) is 0. The van der Waals surface area contributed by atoms with Crippen molar-refractivity contribution in [3.63, 3.8) is 0 Å². The van der Waals surface area contributed by atoms with Crippen LogP contribution in [-0.2, 0) is 10.0 Å². The van der Waals surface area contributed by atoms with Gasteiger partial charge in [0.05, 0.1) is 16.1 Å². The summed E-state index contributed by atoms with van der Waals surface area (Å²) in [5.74, 6) is 0.894. The Labute approximate surface area is 154 Å².